The summed E-state index contributed by atoms with van der Waals surface area (Å²) in [5, 5.41) is 0. The summed E-state index contributed by atoms with van der Waals surface area (Å²) in [6, 6.07) is 20.0. The summed E-state index contributed by atoms with van der Waals surface area (Å²) in [6.45, 7) is 0. The minimum absolute atomic E-state index is 0.653. The number of fused-ring (bicyclic) bond motifs is 1. The van der Waals surface area contributed by atoms with E-state index in [4.69, 9.17) is 4.42 Å². The smallest absolute Gasteiger partial charge is 0.227 e. The highest BCUT2D eigenvalue weighted by molar-refractivity contribution is 5.76. The number of aromatic nitrogens is 2. The van der Waals surface area contributed by atoms with Crippen molar-refractivity contribution in [1.82, 2.24) is 9.55 Å². The topological polar surface area (TPSA) is 31.0 Å². The van der Waals surface area contributed by atoms with Crippen LogP contribution in [0.15, 0.2) is 77.5 Å². The third kappa shape index (κ3) is 1.80. The van der Waals surface area contributed by atoms with Gasteiger partial charge >= 0.3 is 0 Å². The van der Waals surface area contributed by atoms with Crippen LogP contribution in [0.5, 0.6) is 0 Å². The molecule has 0 aliphatic rings. The van der Waals surface area contributed by atoms with E-state index in [1.807, 2.05) is 60.9 Å². The third-order valence-corrected chi connectivity index (χ3v) is 3.29. The van der Waals surface area contributed by atoms with Crippen LogP contribution in [0.25, 0.3) is 28.2 Å². The molecule has 4 aromatic rings. The van der Waals surface area contributed by atoms with Gasteiger partial charge in [-0.15, -0.1) is 0 Å². The third-order valence-electron chi connectivity index (χ3n) is 3.29. The first-order valence-corrected chi connectivity index (χ1v) is 6.49. The van der Waals surface area contributed by atoms with Gasteiger partial charge in [0.25, 0.3) is 0 Å². The molecule has 0 radical (unpaired) electrons. The largest absolute Gasteiger partial charge is 0.436 e. The quantitative estimate of drug-likeness (QED) is 0.538. The number of benzene rings is 2. The van der Waals surface area contributed by atoms with Crippen LogP contribution in [-0.2, 0) is 0 Å². The van der Waals surface area contributed by atoms with E-state index in [-0.39, 0.29) is 0 Å². The Kier molecular flexibility index (Phi) is 2.42. The summed E-state index contributed by atoms with van der Waals surface area (Å²) in [5.74, 6) is 0.653. The van der Waals surface area contributed by atoms with Gasteiger partial charge in [0.15, 0.2) is 5.58 Å². The molecule has 0 N–H and O–H groups in total. The van der Waals surface area contributed by atoms with Crippen LogP contribution < -0.4 is 0 Å². The van der Waals surface area contributed by atoms with Crippen molar-refractivity contribution in [1.29, 1.82) is 0 Å². The molecule has 0 spiro atoms. The molecule has 96 valence electrons. The van der Waals surface area contributed by atoms with E-state index in [1.54, 1.807) is 0 Å². The van der Waals surface area contributed by atoms with Crippen molar-refractivity contribution >= 4 is 11.1 Å². The van der Waals surface area contributed by atoms with Crippen LogP contribution in [-0.4, -0.2) is 9.55 Å². The first-order valence-electron chi connectivity index (χ1n) is 6.49. The SMILES string of the molecule is c1cc(-c2nc3ccccc3o2)cc(-n2cccc2)c1. The first-order chi connectivity index (χ1) is 9.90. The summed E-state index contributed by atoms with van der Waals surface area (Å²) in [4.78, 5) is 4.53. The fourth-order valence-electron chi connectivity index (χ4n) is 2.30. The van der Waals surface area contributed by atoms with Crippen molar-refractivity contribution < 1.29 is 4.42 Å². The monoisotopic (exact) mass is 260 g/mol. The lowest BCUT2D eigenvalue weighted by atomic mass is 10.2. The Labute approximate surface area is 116 Å². The van der Waals surface area contributed by atoms with E-state index in [0.717, 1.165) is 22.4 Å². The normalized spacial score (nSPS) is 11.0. The Balaban J connectivity index is 1.84. The van der Waals surface area contributed by atoms with E-state index in [0.29, 0.717) is 5.89 Å². The number of para-hydroxylation sites is 2. The molecule has 0 saturated heterocycles. The Morgan fingerprint density at radius 3 is 2.55 bits per heavy atom. The Morgan fingerprint density at radius 1 is 0.850 bits per heavy atom. The lowest BCUT2D eigenvalue weighted by Gasteiger charge is -2.03. The molecule has 0 unspecified atom stereocenters. The molecule has 0 aliphatic heterocycles. The van der Waals surface area contributed by atoms with Crippen LogP contribution >= 0.6 is 0 Å². The molecule has 0 atom stereocenters. The van der Waals surface area contributed by atoms with Crippen LogP contribution in [0.4, 0.5) is 0 Å². The number of rotatable bonds is 2. The molecule has 4 rings (SSSR count). The minimum atomic E-state index is 0.653. The van der Waals surface area contributed by atoms with Gasteiger partial charge in [-0.3, -0.25) is 0 Å². The second-order valence-corrected chi connectivity index (χ2v) is 4.63. The van der Waals surface area contributed by atoms with Gasteiger partial charge in [-0.25, -0.2) is 4.98 Å². The zero-order valence-electron chi connectivity index (χ0n) is 10.7. The maximum Gasteiger partial charge on any atom is 0.227 e. The molecule has 0 aliphatic carbocycles. The lowest BCUT2D eigenvalue weighted by molar-refractivity contribution is 0.620. The average Bonchev–Trinajstić information content (AvgIpc) is 3.16. The zero-order chi connectivity index (χ0) is 13.4. The zero-order valence-corrected chi connectivity index (χ0v) is 10.7. The predicted octanol–water partition coefficient (Wildman–Crippen LogP) is 4.29. The van der Waals surface area contributed by atoms with Crippen molar-refractivity contribution in [2.45, 2.75) is 0 Å². The minimum Gasteiger partial charge on any atom is -0.436 e. The van der Waals surface area contributed by atoms with Gasteiger partial charge in [-0.1, -0.05) is 18.2 Å². The number of nitrogens with zero attached hydrogens (tertiary/aromatic N) is 2. The van der Waals surface area contributed by atoms with Crippen molar-refractivity contribution in [3.8, 4) is 17.1 Å². The molecular weight excluding hydrogens is 248 g/mol. The molecule has 3 heteroatoms. The van der Waals surface area contributed by atoms with Crippen molar-refractivity contribution in [2.75, 3.05) is 0 Å². The Bertz CT molecular complexity index is 826. The molecule has 0 fully saturated rings. The van der Waals surface area contributed by atoms with Gasteiger partial charge in [0.05, 0.1) is 0 Å². The summed E-state index contributed by atoms with van der Waals surface area (Å²) in [6.07, 6.45) is 4.04. The molecule has 2 aromatic carbocycles. The van der Waals surface area contributed by atoms with E-state index >= 15 is 0 Å². The molecule has 0 bridgehead atoms. The number of hydrogen-bond acceptors (Lipinski definition) is 2. The van der Waals surface area contributed by atoms with Gasteiger partial charge in [-0.2, -0.15) is 0 Å². The van der Waals surface area contributed by atoms with Gasteiger partial charge in [0, 0.05) is 23.6 Å². The van der Waals surface area contributed by atoms with Crippen LogP contribution in [0.2, 0.25) is 0 Å². The summed E-state index contributed by atoms with van der Waals surface area (Å²) < 4.78 is 7.87. The van der Waals surface area contributed by atoms with Crippen LogP contribution in [0.1, 0.15) is 0 Å². The predicted molar refractivity (Wildman–Crippen MR) is 78.8 cm³/mol. The van der Waals surface area contributed by atoms with E-state index in [1.165, 1.54) is 0 Å². The molecule has 0 saturated carbocycles. The summed E-state index contributed by atoms with van der Waals surface area (Å²) in [7, 11) is 0. The second-order valence-electron chi connectivity index (χ2n) is 4.63. The molecular formula is C17H12N2O. The molecule has 20 heavy (non-hydrogen) atoms. The summed E-state index contributed by atoms with van der Waals surface area (Å²) >= 11 is 0. The maximum absolute atomic E-state index is 5.81. The van der Waals surface area contributed by atoms with Crippen molar-refractivity contribution in [3.05, 3.63) is 73.1 Å². The molecule has 2 heterocycles. The Hall–Kier alpha value is -2.81. The molecule has 0 amide bonds. The van der Waals surface area contributed by atoms with Gasteiger partial charge in [0.1, 0.15) is 5.52 Å². The standard InChI is InChI=1S/C17H12N2O/c1-2-9-16-15(8-1)18-17(20-16)13-6-5-7-14(12-13)19-10-3-4-11-19/h1-12H. The van der Waals surface area contributed by atoms with Gasteiger partial charge in [0.2, 0.25) is 5.89 Å². The average molecular weight is 260 g/mol. The van der Waals surface area contributed by atoms with E-state index in [9.17, 15) is 0 Å². The van der Waals surface area contributed by atoms with E-state index < -0.39 is 0 Å². The van der Waals surface area contributed by atoms with Crippen LogP contribution in [0.3, 0.4) is 0 Å². The number of oxazole rings is 1. The fraction of sp³-hybridized carbons (Fsp3) is 0. The number of hydrogen-bond donors (Lipinski definition) is 0. The highest BCUT2D eigenvalue weighted by Gasteiger charge is 2.08. The van der Waals surface area contributed by atoms with Crippen LogP contribution in [0, 0.1) is 0 Å². The van der Waals surface area contributed by atoms with Gasteiger partial charge in [-0.05, 0) is 42.5 Å². The highest BCUT2D eigenvalue weighted by atomic mass is 16.3. The van der Waals surface area contributed by atoms with Crippen molar-refractivity contribution in [2.24, 2.45) is 0 Å². The second kappa shape index (κ2) is 4.38. The molecule has 3 nitrogen and oxygen atoms in total. The molecule has 2 aromatic heterocycles. The first kappa shape index (κ1) is 11.1. The lowest BCUT2D eigenvalue weighted by Crippen LogP contribution is -1.89. The van der Waals surface area contributed by atoms with Crippen molar-refractivity contribution in [3.63, 3.8) is 0 Å². The Morgan fingerprint density at radius 2 is 1.70 bits per heavy atom. The summed E-state index contributed by atoms with van der Waals surface area (Å²) in [5.41, 5.74) is 3.77. The van der Waals surface area contributed by atoms with Gasteiger partial charge < -0.3 is 8.98 Å². The maximum atomic E-state index is 5.81. The fourth-order valence-corrected chi connectivity index (χ4v) is 2.30. The van der Waals surface area contributed by atoms with E-state index in [2.05, 4.69) is 21.7 Å². The highest BCUT2D eigenvalue weighted by Crippen LogP contribution is 2.25.